The highest BCUT2D eigenvalue weighted by Crippen LogP contribution is 2.22. The molecule has 10 amide bonds. The van der Waals surface area contributed by atoms with Crippen LogP contribution in [0.2, 0.25) is 0 Å². The van der Waals surface area contributed by atoms with E-state index in [1.807, 2.05) is 13.8 Å². The van der Waals surface area contributed by atoms with Gasteiger partial charge in [0.2, 0.25) is 59.1 Å². The molecule has 1 aliphatic rings. The number of aromatic hydroxyl groups is 1. The topological polar surface area (TPSA) is 423 Å². The average Bonchev–Trinajstić information content (AvgIpc) is 4.40. The van der Waals surface area contributed by atoms with Gasteiger partial charge < -0.3 is 84.0 Å². The third-order valence-corrected chi connectivity index (χ3v) is 13.9. The molecular weight excluding hydrogens is 1090 g/mol. The fourth-order valence-electron chi connectivity index (χ4n) is 9.42. The van der Waals surface area contributed by atoms with E-state index in [-0.39, 0.29) is 81.7 Å². The van der Waals surface area contributed by atoms with Gasteiger partial charge >= 0.3 is 0 Å². The number of phenolic OH excluding ortho intramolecular Hbond substituents is 1. The highest BCUT2D eigenvalue weighted by Gasteiger charge is 2.39. The van der Waals surface area contributed by atoms with Crippen LogP contribution in [0.4, 0.5) is 0 Å². The Morgan fingerprint density at radius 2 is 1.37 bits per heavy atom. The van der Waals surface area contributed by atoms with Crippen molar-refractivity contribution in [3.05, 3.63) is 84.1 Å². The molecule has 28 nitrogen and oxygen atoms in total. The number of guanidine groups is 1. The predicted molar refractivity (Wildman–Crippen MR) is 308 cm³/mol. The van der Waals surface area contributed by atoms with Gasteiger partial charge in [-0.1, -0.05) is 44.2 Å². The average molecular weight is 1170 g/mol. The molecule has 0 saturated carbocycles. The molecule has 1 fully saturated rings. The molecule has 0 unspecified atom stereocenters. The van der Waals surface area contributed by atoms with E-state index >= 15 is 0 Å². The van der Waals surface area contributed by atoms with E-state index in [1.54, 1.807) is 37.4 Å². The van der Waals surface area contributed by atoms with Crippen LogP contribution < -0.4 is 54.0 Å². The highest BCUT2D eigenvalue weighted by atomic mass is 16.3. The van der Waals surface area contributed by atoms with E-state index in [2.05, 4.69) is 62.5 Å². The first-order valence-electron chi connectivity index (χ1n) is 27.9. The monoisotopic (exact) mass is 1170 g/mol. The summed E-state index contributed by atoms with van der Waals surface area (Å²) in [5.74, 6) is -7.58. The molecule has 0 spiro atoms. The van der Waals surface area contributed by atoms with Crippen molar-refractivity contribution in [2.24, 2.45) is 22.4 Å². The zero-order chi connectivity index (χ0) is 61.6. The van der Waals surface area contributed by atoms with Crippen molar-refractivity contribution in [1.82, 2.24) is 67.3 Å². The van der Waals surface area contributed by atoms with Crippen molar-refractivity contribution in [3.63, 3.8) is 0 Å². The Bertz CT molecular complexity index is 2950. The predicted octanol–water partition coefficient (Wildman–Crippen LogP) is -2.26. The number of aromatic amines is 2. The van der Waals surface area contributed by atoms with Crippen molar-refractivity contribution in [3.8, 4) is 5.75 Å². The minimum atomic E-state index is -1.75. The fraction of sp³-hybridized carbons (Fsp3) is 0.500. The third-order valence-electron chi connectivity index (χ3n) is 13.9. The number of nitrogens with two attached hydrogens (primary N) is 2. The van der Waals surface area contributed by atoms with Gasteiger partial charge in [-0.2, -0.15) is 0 Å². The normalized spacial score (nSPS) is 15.4. The van der Waals surface area contributed by atoms with E-state index in [9.17, 15) is 58.2 Å². The lowest BCUT2D eigenvalue weighted by Crippen LogP contribution is -2.61. The molecule has 84 heavy (non-hydrogen) atoms. The largest absolute Gasteiger partial charge is 0.508 e. The van der Waals surface area contributed by atoms with Gasteiger partial charge in [-0.05, 0) is 81.2 Å². The van der Waals surface area contributed by atoms with E-state index in [0.29, 0.717) is 47.1 Å². The number of amides is 10. The number of hydrogen-bond acceptors (Lipinski definition) is 14. The van der Waals surface area contributed by atoms with Gasteiger partial charge in [0, 0.05) is 81.9 Å². The lowest BCUT2D eigenvalue weighted by Gasteiger charge is -2.30. The van der Waals surface area contributed by atoms with E-state index in [0.717, 1.165) is 4.90 Å². The summed E-state index contributed by atoms with van der Waals surface area (Å²) in [7, 11) is 1.41. The van der Waals surface area contributed by atoms with Gasteiger partial charge in [-0.15, -0.1) is 0 Å². The Kier molecular flexibility index (Phi) is 25.0. The van der Waals surface area contributed by atoms with E-state index < -0.39 is 108 Å². The number of likely N-dealkylation sites (N-methyl/N-ethyl adjacent to an activating group) is 2. The second kappa shape index (κ2) is 31.9. The van der Waals surface area contributed by atoms with Crippen LogP contribution in [0, 0.1) is 5.92 Å². The molecule has 0 radical (unpaired) electrons. The summed E-state index contributed by atoms with van der Waals surface area (Å²) in [5.41, 5.74) is 13.2. The minimum Gasteiger partial charge on any atom is -0.508 e. The molecular formula is C56H80N16O12. The lowest BCUT2D eigenvalue weighted by atomic mass is 10.0. The van der Waals surface area contributed by atoms with E-state index in [1.165, 1.54) is 62.6 Å². The van der Waals surface area contributed by atoms with Gasteiger partial charge in [-0.3, -0.25) is 52.9 Å². The molecule has 2 aromatic carbocycles. The fourth-order valence-corrected chi connectivity index (χ4v) is 9.42. The minimum absolute atomic E-state index is 0.0869. The molecule has 456 valence electrons. The maximum Gasteiger partial charge on any atom is 0.245 e. The molecule has 8 atom stereocenters. The lowest BCUT2D eigenvalue weighted by molar-refractivity contribution is -0.142. The van der Waals surface area contributed by atoms with Gasteiger partial charge in [0.15, 0.2) is 5.96 Å². The molecule has 5 rings (SSSR count). The summed E-state index contributed by atoms with van der Waals surface area (Å²) in [6.07, 6.45) is 5.39. The molecule has 2 aromatic heterocycles. The van der Waals surface area contributed by atoms with Crippen molar-refractivity contribution in [2.45, 2.75) is 134 Å². The van der Waals surface area contributed by atoms with E-state index in [4.69, 9.17) is 11.5 Å². The summed E-state index contributed by atoms with van der Waals surface area (Å²) < 4.78 is 0. The van der Waals surface area contributed by atoms with Gasteiger partial charge in [0.1, 0.15) is 54.1 Å². The number of nitrogens with zero attached hydrogens (tertiary/aromatic N) is 4. The Balaban J connectivity index is 1.34. The number of likely N-dealkylation sites (tertiary alicyclic amines) is 1. The Hall–Kier alpha value is -9.08. The maximum atomic E-state index is 14.5. The Labute approximate surface area is 486 Å². The maximum absolute atomic E-state index is 14.5. The van der Waals surface area contributed by atoms with Gasteiger partial charge in [0.05, 0.1) is 19.5 Å². The number of para-hydroxylation sites is 1. The number of fused-ring (bicyclic) bond motifs is 1. The molecule has 0 bridgehead atoms. The van der Waals surface area contributed by atoms with Crippen molar-refractivity contribution in [2.75, 3.05) is 39.8 Å². The number of aliphatic imine (C=N–C) groups is 1. The van der Waals surface area contributed by atoms with Crippen LogP contribution in [0.1, 0.15) is 83.5 Å². The molecule has 3 heterocycles. The third kappa shape index (κ3) is 19.8. The molecule has 0 aliphatic carbocycles. The first-order valence-corrected chi connectivity index (χ1v) is 27.9. The van der Waals surface area contributed by atoms with Crippen LogP contribution in [0.15, 0.2) is 72.2 Å². The number of carbonyl (C=O) groups excluding carboxylic acids is 10. The number of hydrogen-bond donors (Lipinski definition) is 14. The summed E-state index contributed by atoms with van der Waals surface area (Å²) in [4.78, 5) is 154. The van der Waals surface area contributed by atoms with Crippen LogP contribution in [0.5, 0.6) is 5.75 Å². The number of nitrogens with one attached hydrogen (secondary N) is 10. The van der Waals surface area contributed by atoms with Crippen LogP contribution in [-0.2, 0) is 67.2 Å². The number of carbonyl (C=O) groups is 10. The molecule has 1 saturated heterocycles. The van der Waals surface area contributed by atoms with Crippen molar-refractivity contribution in [1.29, 1.82) is 0 Å². The molecule has 4 aromatic rings. The zero-order valence-corrected chi connectivity index (χ0v) is 48.2. The van der Waals surface area contributed by atoms with Crippen molar-refractivity contribution < 1.29 is 58.2 Å². The highest BCUT2D eigenvalue weighted by molar-refractivity contribution is 5.99. The Morgan fingerprint density at radius 1 is 0.762 bits per heavy atom. The smallest absolute Gasteiger partial charge is 0.245 e. The van der Waals surface area contributed by atoms with Gasteiger partial charge in [-0.25, -0.2) is 4.98 Å². The summed E-state index contributed by atoms with van der Waals surface area (Å²) >= 11 is 0. The van der Waals surface area contributed by atoms with Crippen LogP contribution in [-0.4, -0.2) is 188 Å². The first kappa shape index (κ1) is 65.7. The quantitative estimate of drug-likeness (QED) is 0.0144. The number of imidazole rings is 1. The number of phenols is 1. The number of H-pyrrole nitrogens is 2. The number of aromatic nitrogens is 3. The van der Waals surface area contributed by atoms with Crippen LogP contribution in [0.3, 0.4) is 0 Å². The number of rotatable bonds is 31. The summed E-state index contributed by atoms with van der Waals surface area (Å²) in [6, 6.07) is 2.35. The summed E-state index contributed by atoms with van der Waals surface area (Å²) in [6.45, 7) is 7.39. The molecule has 1 aliphatic heterocycles. The molecule has 28 heteroatoms. The number of benzene rings is 2. The first-order chi connectivity index (χ1) is 40.0. The zero-order valence-electron chi connectivity index (χ0n) is 48.2. The number of aliphatic hydroxyl groups excluding tert-OH is 1. The summed E-state index contributed by atoms with van der Waals surface area (Å²) in [5, 5.41) is 42.6. The second-order valence-corrected chi connectivity index (χ2v) is 21.1. The molecule has 16 N–H and O–H groups in total. The standard InChI is InChI=1S/C56H80N16O12/c1-7-60-54(83)46-15-11-21-72(46)55(84)40(14-10-20-61-56(57)58)66-50(79)41(22-31(2)3)67-48(77)32(4)64-49(78)42(23-34-16-18-37(75)19-17-34)68-53(82)45(29-73)70-51(80)43(24-35-26-62-39-13-9-8-12-38(35)39)69-52(81)44(25-36-27-59-30-63-36)65-47(76)28-71(6)33(5)74/h8-9,12-13,16-19,26-27,30-32,40-46,62,73,75H,7,10-11,14-15,20-25,28-29H2,1-6H3,(H,59,63)(H,60,83)(H,64,78)(H,65,76)(H,66,79)(H,67,77)(H,68,82)(H,69,81)(H,70,80)(H4,57,58,61)/t32-,40+,41+,42+,43+,44+,45+,46+/m1/s1. The van der Waals surface area contributed by atoms with Gasteiger partial charge in [0.25, 0.3) is 0 Å². The van der Waals surface area contributed by atoms with Crippen LogP contribution >= 0.6 is 0 Å². The number of aliphatic hydroxyl groups is 1. The van der Waals surface area contributed by atoms with Crippen molar-refractivity contribution >= 4 is 75.9 Å². The Morgan fingerprint density at radius 3 is 2.00 bits per heavy atom. The second-order valence-electron chi connectivity index (χ2n) is 21.1. The SMILES string of the molecule is CCNC(=O)[C@@H]1CCCN1C(=O)[C@H](CCCN=C(N)N)NC(=O)[C@H](CC(C)C)NC(=O)[C@@H](C)NC(=O)[C@H](Cc1ccc(O)cc1)NC(=O)[C@H](CO)NC(=O)[C@H](Cc1c[nH]c2ccccc12)NC(=O)[C@H](Cc1cnc[nH]1)NC(=O)CN(C)C(C)=O. The van der Waals surface area contributed by atoms with Crippen LogP contribution in [0.25, 0.3) is 10.9 Å².